The smallest absolute Gasteiger partial charge is 0.325 e. The number of para-hydroxylation sites is 1. The molecule has 0 saturated heterocycles. The van der Waals surface area contributed by atoms with Crippen molar-refractivity contribution < 1.29 is 19.4 Å². The third-order valence-corrected chi connectivity index (χ3v) is 6.41. The number of nitrogens with zero attached hydrogens (tertiary/aromatic N) is 3. The fourth-order valence-corrected chi connectivity index (χ4v) is 4.73. The second kappa shape index (κ2) is 10.1. The number of fused-ring (bicyclic) bond motifs is 3. The summed E-state index contributed by atoms with van der Waals surface area (Å²) in [6.45, 7) is 4.07. The molecule has 0 radical (unpaired) electrons. The summed E-state index contributed by atoms with van der Waals surface area (Å²) >= 11 is 1.46. The Hall–Kier alpha value is -3.60. The lowest BCUT2D eigenvalue weighted by Gasteiger charge is -2.22. The summed E-state index contributed by atoms with van der Waals surface area (Å²) in [7, 11) is 0. The molecule has 1 aliphatic heterocycles. The van der Waals surface area contributed by atoms with Crippen molar-refractivity contribution in [1.82, 2.24) is 10.1 Å². The molecule has 0 spiro atoms. The third-order valence-electron chi connectivity index (χ3n) is 5.46. The normalized spacial score (nSPS) is 14.1. The van der Waals surface area contributed by atoms with Gasteiger partial charge in [-0.1, -0.05) is 43.7 Å². The molecule has 3 aromatic rings. The quantitative estimate of drug-likeness (QED) is 0.136. The Morgan fingerprint density at radius 2 is 2.06 bits per heavy atom. The van der Waals surface area contributed by atoms with Crippen molar-refractivity contribution in [3.05, 3.63) is 62.4 Å². The van der Waals surface area contributed by atoms with Crippen molar-refractivity contribution in [1.29, 1.82) is 0 Å². The predicted octanol–water partition coefficient (Wildman–Crippen LogP) is 3.99. The molecule has 0 saturated carbocycles. The molecule has 0 bridgehead atoms. The molecule has 3 N–H and O–H groups in total. The number of H-pyrrole nitrogens is 1. The van der Waals surface area contributed by atoms with Crippen LogP contribution in [-0.4, -0.2) is 32.5 Å². The number of thioether (sulfide) groups is 1. The summed E-state index contributed by atoms with van der Waals surface area (Å²) in [4.78, 5) is 27.0. The van der Waals surface area contributed by atoms with Gasteiger partial charge < -0.3 is 15.2 Å². The number of benzene rings is 2. The molecule has 1 aromatic heterocycles. The highest BCUT2D eigenvalue weighted by atomic mass is 32.2. The Balaban J connectivity index is 1.87. The summed E-state index contributed by atoms with van der Waals surface area (Å²) in [6.07, 6.45) is 2.44. The van der Waals surface area contributed by atoms with E-state index in [9.17, 15) is 20.0 Å². The van der Waals surface area contributed by atoms with Gasteiger partial charge in [-0.05, 0) is 36.2 Å². The van der Waals surface area contributed by atoms with Crippen molar-refractivity contribution >= 4 is 23.1 Å². The molecule has 10 nitrogen and oxygen atoms in total. The van der Waals surface area contributed by atoms with Gasteiger partial charge >= 0.3 is 16.9 Å². The number of hydrogen-bond donors (Lipinski definition) is 3. The number of phenols is 1. The van der Waals surface area contributed by atoms with E-state index in [1.54, 1.807) is 11.6 Å². The number of phenolic OH excluding ortho intramolecular Hbond substituents is 1. The van der Waals surface area contributed by atoms with Crippen LogP contribution in [0.15, 0.2) is 46.3 Å². The SMILES string of the molecule is CCCCCSc1n[n+]2c(c(=O)[nH]1)-c1ccccc1N[C@@H]2c1cc(OCC)c(O)c([N+](=O)[O-])c1. The number of aromatic hydroxyl groups is 1. The zero-order chi connectivity index (χ0) is 24.2. The first-order chi connectivity index (χ1) is 16.4. The van der Waals surface area contributed by atoms with Crippen LogP contribution < -0.4 is 20.3 Å². The zero-order valence-electron chi connectivity index (χ0n) is 18.9. The summed E-state index contributed by atoms with van der Waals surface area (Å²) < 4.78 is 7.01. The van der Waals surface area contributed by atoms with Gasteiger partial charge in [0.15, 0.2) is 5.75 Å². The number of ether oxygens (including phenoxy) is 1. The molecule has 1 aliphatic rings. The van der Waals surface area contributed by atoms with Crippen LogP contribution in [0.4, 0.5) is 11.4 Å². The number of hydrogen-bond acceptors (Lipinski definition) is 8. The highest BCUT2D eigenvalue weighted by Crippen LogP contribution is 2.40. The van der Waals surface area contributed by atoms with Gasteiger partial charge in [0.1, 0.15) is 0 Å². The van der Waals surface area contributed by atoms with Gasteiger partial charge in [0.25, 0.3) is 6.17 Å². The Bertz CT molecular complexity index is 1280. The van der Waals surface area contributed by atoms with Crippen LogP contribution in [0, 0.1) is 10.1 Å². The Kier molecular flexibility index (Phi) is 7.01. The van der Waals surface area contributed by atoms with E-state index in [0.29, 0.717) is 27.7 Å². The van der Waals surface area contributed by atoms with Crippen LogP contribution in [0.5, 0.6) is 11.5 Å². The van der Waals surface area contributed by atoms with Crippen molar-refractivity contribution in [3.8, 4) is 22.8 Å². The maximum atomic E-state index is 13.2. The van der Waals surface area contributed by atoms with Gasteiger partial charge in [-0.25, -0.2) is 0 Å². The van der Waals surface area contributed by atoms with E-state index < -0.39 is 22.5 Å². The third kappa shape index (κ3) is 4.56. The van der Waals surface area contributed by atoms with Gasteiger partial charge in [-0.3, -0.25) is 19.9 Å². The van der Waals surface area contributed by atoms with Gasteiger partial charge in [-0.2, -0.15) is 0 Å². The molecule has 1 atom stereocenters. The lowest BCUT2D eigenvalue weighted by Crippen LogP contribution is -2.55. The number of aromatic nitrogens is 3. The molecule has 178 valence electrons. The average molecular weight is 485 g/mol. The van der Waals surface area contributed by atoms with Gasteiger partial charge in [0.2, 0.25) is 10.9 Å². The first-order valence-corrected chi connectivity index (χ1v) is 12.1. The van der Waals surface area contributed by atoms with E-state index in [-0.39, 0.29) is 17.9 Å². The first kappa shape index (κ1) is 23.6. The van der Waals surface area contributed by atoms with Crippen LogP contribution in [-0.2, 0) is 0 Å². The van der Waals surface area contributed by atoms with E-state index in [2.05, 4.69) is 22.3 Å². The summed E-state index contributed by atoms with van der Waals surface area (Å²) in [5.41, 5.74) is 1.35. The zero-order valence-corrected chi connectivity index (χ0v) is 19.7. The number of nitro groups is 1. The molecule has 0 unspecified atom stereocenters. The lowest BCUT2D eigenvalue weighted by molar-refractivity contribution is -0.759. The molecule has 2 aromatic carbocycles. The fraction of sp³-hybridized carbons (Fsp3) is 0.348. The Labute approximate surface area is 200 Å². The second-order valence-electron chi connectivity index (χ2n) is 7.78. The molecule has 0 amide bonds. The van der Waals surface area contributed by atoms with E-state index in [0.717, 1.165) is 25.0 Å². The Morgan fingerprint density at radius 3 is 2.79 bits per heavy atom. The maximum absolute atomic E-state index is 13.2. The number of anilines is 1. The first-order valence-electron chi connectivity index (χ1n) is 11.1. The average Bonchev–Trinajstić information content (AvgIpc) is 2.82. The van der Waals surface area contributed by atoms with E-state index in [4.69, 9.17) is 4.74 Å². The number of nitrogens with one attached hydrogen (secondary N) is 2. The van der Waals surface area contributed by atoms with Gasteiger partial charge in [-0.15, -0.1) is 0 Å². The molecule has 0 aliphatic carbocycles. The van der Waals surface area contributed by atoms with Crippen LogP contribution in [0.25, 0.3) is 11.3 Å². The minimum absolute atomic E-state index is 0.00601. The highest BCUT2D eigenvalue weighted by Gasteiger charge is 2.39. The number of rotatable bonds is 9. The summed E-state index contributed by atoms with van der Waals surface area (Å²) in [5, 5.41) is 30.4. The maximum Gasteiger partial charge on any atom is 0.325 e. The van der Waals surface area contributed by atoms with E-state index >= 15 is 0 Å². The molecule has 2 heterocycles. The summed E-state index contributed by atoms with van der Waals surface area (Å²) in [6, 6.07) is 10.1. The largest absolute Gasteiger partial charge is 0.500 e. The molecular formula is C23H26N5O5S+. The molecular weight excluding hydrogens is 458 g/mol. The van der Waals surface area contributed by atoms with Crippen molar-refractivity contribution in [3.63, 3.8) is 0 Å². The molecule has 0 fully saturated rings. The highest BCUT2D eigenvalue weighted by molar-refractivity contribution is 7.99. The lowest BCUT2D eigenvalue weighted by atomic mass is 10.0. The van der Waals surface area contributed by atoms with Crippen LogP contribution in [0.2, 0.25) is 0 Å². The fourth-order valence-electron chi connectivity index (χ4n) is 3.88. The predicted molar refractivity (Wildman–Crippen MR) is 128 cm³/mol. The number of aromatic amines is 1. The topological polar surface area (TPSA) is 134 Å². The minimum Gasteiger partial charge on any atom is -0.500 e. The van der Waals surface area contributed by atoms with Crippen molar-refractivity contribution in [2.45, 2.75) is 44.4 Å². The molecule has 4 rings (SSSR count). The monoisotopic (exact) mass is 484 g/mol. The van der Waals surface area contributed by atoms with Crippen LogP contribution in [0.3, 0.4) is 0 Å². The number of unbranched alkanes of at least 4 members (excludes halogenated alkanes) is 2. The second-order valence-corrected chi connectivity index (χ2v) is 8.86. The van der Waals surface area contributed by atoms with Crippen molar-refractivity contribution in [2.75, 3.05) is 17.7 Å². The van der Waals surface area contributed by atoms with Crippen molar-refractivity contribution in [2.24, 2.45) is 0 Å². The van der Waals surface area contributed by atoms with E-state index in [1.807, 2.05) is 24.3 Å². The Morgan fingerprint density at radius 1 is 1.26 bits per heavy atom. The number of nitro benzene ring substituents is 1. The van der Waals surface area contributed by atoms with Gasteiger partial charge in [0, 0.05) is 16.9 Å². The molecule has 34 heavy (non-hydrogen) atoms. The standard InChI is InChI=1S/C23H25N5O5S/c1-3-5-8-11-34-23-25-22(30)19-15-9-6-7-10-16(15)24-21(27(19)26-23)14-12-17(28(31)32)20(29)18(13-14)33-4-2/h6-7,9-10,12-13,21H,3-5,8,11H2,1-2H3,(H2,25,26,29,30)/p+1/t21-/m0/s1. The minimum atomic E-state index is -0.735. The van der Waals surface area contributed by atoms with E-state index in [1.165, 1.54) is 23.9 Å². The molecule has 11 heteroatoms. The van der Waals surface area contributed by atoms with Gasteiger partial charge in [0.05, 0.1) is 28.3 Å². The summed E-state index contributed by atoms with van der Waals surface area (Å²) in [5.74, 6) is 0.265. The van der Waals surface area contributed by atoms with Crippen LogP contribution >= 0.6 is 11.8 Å². The van der Waals surface area contributed by atoms with Crippen LogP contribution in [0.1, 0.15) is 44.8 Å².